The van der Waals surface area contributed by atoms with Crippen molar-refractivity contribution in [2.75, 3.05) is 17.7 Å². The summed E-state index contributed by atoms with van der Waals surface area (Å²) in [4.78, 5) is 16.2. The van der Waals surface area contributed by atoms with Crippen molar-refractivity contribution >= 4 is 33.3 Å². The fraction of sp³-hybridized carbons (Fsp3) is 0.0769. The van der Waals surface area contributed by atoms with Gasteiger partial charge in [0.15, 0.2) is 0 Å². The molecule has 1 amide bonds. The standard InChI is InChI=1S/C13H12BrN3O/c1-15-12-7-3-6-11(17-12)13(18)16-10-5-2-4-9(14)8-10/h2-8H,1H3,(H,15,17)(H,16,18). The summed E-state index contributed by atoms with van der Waals surface area (Å²) in [6.07, 6.45) is 0. The molecule has 0 radical (unpaired) electrons. The topological polar surface area (TPSA) is 54.0 Å². The van der Waals surface area contributed by atoms with Crippen LogP contribution in [0.1, 0.15) is 10.5 Å². The average Bonchev–Trinajstić information content (AvgIpc) is 2.39. The Hall–Kier alpha value is -1.88. The highest BCUT2D eigenvalue weighted by atomic mass is 79.9. The number of nitrogens with zero attached hydrogens (tertiary/aromatic N) is 1. The summed E-state index contributed by atoms with van der Waals surface area (Å²) in [6, 6.07) is 12.7. The minimum Gasteiger partial charge on any atom is -0.373 e. The molecule has 0 spiro atoms. The van der Waals surface area contributed by atoms with Gasteiger partial charge in [-0.3, -0.25) is 4.79 Å². The largest absolute Gasteiger partial charge is 0.373 e. The smallest absolute Gasteiger partial charge is 0.274 e. The summed E-state index contributed by atoms with van der Waals surface area (Å²) >= 11 is 3.35. The van der Waals surface area contributed by atoms with Gasteiger partial charge < -0.3 is 10.6 Å². The monoisotopic (exact) mass is 305 g/mol. The average molecular weight is 306 g/mol. The highest BCUT2D eigenvalue weighted by Gasteiger charge is 2.08. The van der Waals surface area contributed by atoms with Crippen LogP contribution in [0.3, 0.4) is 0 Å². The van der Waals surface area contributed by atoms with Gasteiger partial charge in [-0.15, -0.1) is 0 Å². The van der Waals surface area contributed by atoms with Gasteiger partial charge in [-0.2, -0.15) is 0 Å². The lowest BCUT2D eigenvalue weighted by molar-refractivity contribution is 0.102. The maximum absolute atomic E-state index is 12.0. The van der Waals surface area contributed by atoms with E-state index in [2.05, 4.69) is 31.5 Å². The molecule has 0 aliphatic heterocycles. The molecule has 4 nitrogen and oxygen atoms in total. The Kier molecular flexibility index (Phi) is 3.94. The highest BCUT2D eigenvalue weighted by Crippen LogP contribution is 2.16. The Labute approximate surface area is 114 Å². The number of carbonyl (C=O) groups is 1. The molecule has 1 heterocycles. The molecule has 0 aliphatic carbocycles. The van der Waals surface area contributed by atoms with E-state index in [0.717, 1.165) is 10.2 Å². The second-order valence-electron chi connectivity index (χ2n) is 3.62. The van der Waals surface area contributed by atoms with Gasteiger partial charge in [0.2, 0.25) is 0 Å². The number of hydrogen-bond donors (Lipinski definition) is 2. The minimum absolute atomic E-state index is 0.231. The third-order valence-electron chi connectivity index (χ3n) is 2.32. The number of hydrogen-bond acceptors (Lipinski definition) is 3. The zero-order valence-electron chi connectivity index (χ0n) is 9.77. The van der Waals surface area contributed by atoms with Crippen molar-refractivity contribution < 1.29 is 4.79 Å². The normalized spacial score (nSPS) is 9.89. The molecule has 2 rings (SSSR count). The highest BCUT2D eigenvalue weighted by molar-refractivity contribution is 9.10. The zero-order valence-corrected chi connectivity index (χ0v) is 11.4. The number of rotatable bonds is 3. The van der Waals surface area contributed by atoms with Gasteiger partial charge in [0.05, 0.1) is 0 Å². The summed E-state index contributed by atoms with van der Waals surface area (Å²) < 4.78 is 0.914. The first-order valence-electron chi connectivity index (χ1n) is 5.41. The molecular formula is C13H12BrN3O. The Morgan fingerprint density at radius 3 is 2.72 bits per heavy atom. The molecule has 5 heteroatoms. The Morgan fingerprint density at radius 1 is 1.22 bits per heavy atom. The molecule has 1 aromatic carbocycles. The van der Waals surface area contributed by atoms with E-state index in [1.54, 1.807) is 25.2 Å². The number of carbonyl (C=O) groups excluding carboxylic acids is 1. The quantitative estimate of drug-likeness (QED) is 0.916. The molecule has 0 bridgehead atoms. The van der Waals surface area contributed by atoms with E-state index in [0.29, 0.717) is 11.5 Å². The number of anilines is 2. The van der Waals surface area contributed by atoms with Crippen LogP contribution in [0.25, 0.3) is 0 Å². The Balaban J connectivity index is 2.16. The summed E-state index contributed by atoms with van der Waals surface area (Å²) in [5, 5.41) is 5.69. The third-order valence-corrected chi connectivity index (χ3v) is 2.81. The molecule has 0 atom stereocenters. The van der Waals surface area contributed by atoms with Crippen LogP contribution >= 0.6 is 15.9 Å². The number of pyridine rings is 1. The maximum atomic E-state index is 12.0. The van der Waals surface area contributed by atoms with E-state index in [4.69, 9.17) is 0 Å². The summed E-state index contributed by atoms with van der Waals surface area (Å²) in [5.74, 6) is 0.432. The SMILES string of the molecule is CNc1cccc(C(=O)Nc2cccc(Br)c2)n1. The van der Waals surface area contributed by atoms with Gasteiger partial charge in [0.1, 0.15) is 11.5 Å². The van der Waals surface area contributed by atoms with Crippen molar-refractivity contribution in [2.45, 2.75) is 0 Å². The van der Waals surface area contributed by atoms with E-state index >= 15 is 0 Å². The van der Waals surface area contributed by atoms with Gasteiger partial charge in [-0.05, 0) is 30.3 Å². The van der Waals surface area contributed by atoms with Crippen LogP contribution in [0, 0.1) is 0 Å². The van der Waals surface area contributed by atoms with E-state index in [9.17, 15) is 4.79 Å². The van der Waals surface area contributed by atoms with Crippen molar-refractivity contribution in [1.82, 2.24) is 4.98 Å². The van der Waals surface area contributed by atoms with Crippen molar-refractivity contribution in [3.05, 3.63) is 52.6 Å². The van der Waals surface area contributed by atoms with Crippen LogP contribution in [-0.2, 0) is 0 Å². The van der Waals surface area contributed by atoms with Crippen LogP contribution in [0.5, 0.6) is 0 Å². The maximum Gasteiger partial charge on any atom is 0.274 e. The molecule has 1 aromatic heterocycles. The number of halogens is 1. The van der Waals surface area contributed by atoms with Crippen LogP contribution in [0.15, 0.2) is 46.9 Å². The number of benzene rings is 1. The fourth-order valence-corrected chi connectivity index (χ4v) is 1.86. The molecule has 0 unspecified atom stereocenters. The lowest BCUT2D eigenvalue weighted by Crippen LogP contribution is -2.14. The second-order valence-corrected chi connectivity index (χ2v) is 4.54. The summed E-state index contributed by atoms with van der Waals surface area (Å²) in [7, 11) is 1.76. The van der Waals surface area contributed by atoms with E-state index in [1.165, 1.54) is 0 Å². The minimum atomic E-state index is -0.231. The van der Waals surface area contributed by atoms with Gasteiger partial charge in [-0.25, -0.2) is 4.98 Å². The van der Waals surface area contributed by atoms with Gasteiger partial charge in [0.25, 0.3) is 5.91 Å². The van der Waals surface area contributed by atoms with Crippen molar-refractivity contribution in [2.24, 2.45) is 0 Å². The molecular weight excluding hydrogens is 294 g/mol. The Bertz CT molecular complexity index is 572. The predicted octanol–water partition coefficient (Wildman–Crippen LogP) is 3.14. The fourth-order valence-electron chi connectivity index (χ4n) is 1.46. The van der Waals surface area contributed by atoms with Crippen molar-refractivity contribution in [3.8, 4) is 0 Å². The number of nitrogens with one attached hydrogen (secondary N) is 2. The summed E-state index contributed by atoms with van der Waals surface area (Å²) in [6.45, 7) is 0. The first-order chi connectivity index (χ1) is 8.69. The van der Waals surface area contributed by atoms with Crippen LogP contribution in [0.4, 0.5) is 11.5 Å². The lowest BCUT2D eigenvalue weighted by Gasteiger charge is -2.06. The molecule has 92 valence electrons. The van der Waals surface area contributed by atoms with Crippen LogP contribution in [-0.4, -0.2) is 17.9 Å². The first-order valence-corrected chi connectivity index (χ1v) is 6.20. The molecule has 18 heavy (non-hydrogen) atoms. The van der Waals surface area contributed by atoms with Gasteiger partial charge in [0, 0.05) is 17.2 Å². The molecule has 2 aromatic rings. The van der Waals surface area contributed by atoms with Gasteiger partial charge in [-0.1, -0.05) is 28.1 Å². The zero-order chi connectivity index (χ0) is 13.0. The van der Waals surface area contributed by atoms with Crippen molar-refractivity contribution in [3.63, 3.8) is 0 Å². The Morgan fingerprint density at radius 2 is 2.00 bits per heavy atom. The molecule has 0 saturated heterocycles. The molecule has 0 aliphatic rings. The van der Waals surface area contributed by atoms with Crippen LogP contribution in [0.2, 0.25) is 0 Å². The second kappa shape index (κ2) is 5.64. The molecule has 0 saturated carbocycles. The lowest BCUT2D eigenvalue weighted by atomic mass is 10.3. The first kappa shape index (κ1) is 12.6. The van der Waals surface area contributed by atoms with E-state index in [1.807, 2.05) is 24.3 Å². The molecule has 0 fully saturated rings. The summed E-state index contributed by atoms with van der Waals surface area (Å²) in [5.41, 5.74) is 1.10. The van der Waals surface area contributed by atoms with Crippen molar-refractivity contribution in [1.29, 1.82) is 0 Å². The van der Waals surface area contributed by atoms with E-state index in [-0.39, 0.29) is 5.91 Å². The van der Waals surface area contributed by atoms with E-state index < -0.39 is 0 Å². The van der Waals surface area contributed by atoms with Crippen LogP contribution < -0.4 is 10.6 Å². The predicted molar refractivity (Wildman–Crippen MR) is 75.9 cm³/mol. The third kappa shape index (κ3) is 3.07. The number of aromatic nitrogens is 1. The number of amides is 1. The van der Waals surface area contributed by atoms with Gasteiger partial charge >= 0.3 is 0 Å². The molecule has 2 N–H and O–H groups in total.